The summed E-state index contributed by atoms with van der Waals surface area (Å²) in [5, 5.41) is 23.7. The van der Waals surface area contributed by atoms with E-state index < -0.39 is 30.8 Å². The molecule has 164 valence electrons. The van der Waals surface area contributed by atoms with Gasteiger partial charge < -0.3 is 25.0 Å². The molecular formula is C20H33BCl2N2O4. The number of carbonyl (C=O) groups excluding carboxylic acids is 1. The Morgan fingerprint density at radius 1 is 1.28 bits per heavy atom. The third kappa shape index (κ3) is 9.14. The van der Waals surface area contributed by atoms with Gasteiger partial charge in [-0.3, -0.25) is 4.79 Å². The molecule has 1 rings (SSSR count). The zero-order chi connectivity index (χ0) is 22.2. The predicted octanol–water partition coefficient (Wildman–Crippen LogP) is 3.11. The van der Waals surface area contributed by atoms with Crippen molar-refractivity contribution in [2.45, 2.75) is 58.7 Å². The molecule has 9 heteroatoms. The number of anilines is 1. The van der Waals surface area contributed by atoms with Crippen molar-refractivity contribution in [2.24, 2.45) is 0 Å². The zero-order valence-electron chi connectivity index (χ0n) is 17.9. The highest BCUT2D eigenvalue weighted by Crippen LogP contribution is 2.28. The van der Waals surface area contributed by atoms with E-state index in [0.717, 1.165) is 11.3 Å². The predicted molar refractivity (Wildman–Crippen MR) is 121 cm³/mol. The summed E-state index contributed by atoms with van der Waals surface area (Å²) in [5.74, 6) is 0.454. The first-order valence-corrected chi connectivity index (χ1v) is 10.9. The molecule has 0 radical (unpaired) electrons. The molecule has 0 spiro atoms. The SMILES string of the molecule is CB(O)N[C@H](CC(=O)OC(C)(C)C)C(O)c1cc(N(CCCl)CCCl)ccc1C. The van der Waals surface area contributed by atoms with E-state index in [0.29, 0.717) is 30.4 Å². The van der Waals surface area contributed by atoms with Crippen molar-refractivity contribution in [3.63, 3.8) is 0 Å². The minimum absolute atomic E-state index is 0.0833. The summed E-state index contributed by atoms with van der Waals surface area (Å²) in [6.45, 7) is 10.0. The van der Waals surface area contributed by atoms with Crippen molar-refractivity contribution < 1.29 is 19.7 Å². The summed E-state index contributed by atoms with van der Waals surface area (Å²) in [4.78, 5) is 14.4. The lowest BCUT2D eigenvalue weighted by Gasteiger charge is -2.29. The van der Waals surface area contributed by atoms with Crippen LogP contribution in [0.1, 0.15) is 44.4 Å². The van der Waals surface area contributed by atoms with E-state index in [4.69, 9.17) is 27.9 Å². The number of hydrogen-bond acceptors (Lipinski definition) is 6. The second-order valence-corrected chi connectivity index (χ2v) is 8.85. The molecule has 0 saturated carbocycles. The Balaban J connectivity index is 3.15. The summed E-state index contributed by atoms with van der Waals surface area (Å²) < 4.78 is 5.38. The van der Waals surface area contributed by atoms with E-state index in [1.807, 2.05) is 30.0 Å². The van der Waals surface area contributed by atoms with Crippen LogP contribution in [0.25, 0.3) is 0 Å². The number of rotatable bonds is 11. The molecule has 0 fully saturated rings. The summed E-state index contributed by atoms with van der Waals surface area (Å²) in [6.07, 6.45) is -1.11. The van der Waals surface area contributed by atoms with Crippen LogP contribution in [0.5, 0.6) is 0 Å². The molecule has 0 aliphatic rings. The Labute approximate surface area is 184 Å². The summed E-state index contributed by atoms with van der Waals surface area (Å²) in [6, 6.07) is 5.03. The molecular weight excluding hydrogens is 414 g/mol. The first kappa shape index (κ1) is 26.1. The van der Waals surface area contributed by atoms with Crippen molar-refractivity contribution in [3.8, 4) is 0 Å². The Morgan fingerprint density at radius 2 is 1.86 bits per heavy atom. The number of carbonyl (C=O) groups is 1. The van der Waals surface area contributed by atoms with Gasteiger partial charge >= 0.3 is 13.0 Å². The van der Waals surface area contributed by atoms with Crippen LogP contribution < -0.4 is 10.1 Å². The van der Waals surface area contributed by atoms with Crippen molar-refractivity contribution in [3.05, 3.63) is 29.3 Å². The van der Waals surface area contributed by atoms with Crippen LogP contribution in [0.15, 0.2) is 18.2 Å². The van der Waals surface area contributed by atoms with E-state index in [1.165, 1.54) is 0 Å². The van der Waals surface area contributed by atoms with Gasteiger partial charge in [0.05, 0.1) is 12.5 Å². The lowest BCUT2D eigenvalue weighted by atomic mass is 9.84. The Bertz CT molecular complexity index is 650. The van der Waals surface area contributed by atoms with Gasteiger partial charge in [-0.1, -0.05) is 6.07 Å². The lowest BCUT2D eigenvalue weighted by Crippen LogP contribution is -2.45. The quantitative estimate of drug-likeness (QED) is 0.275. The molecule has 3 N–H and O–H groups in total. The Morgan fingerprint density at radius 3 is 2.34 bits per heavy atom. The standard InChI is InChI=1S/C20H33BCl2N2O4/c1-14-6-7-15(25(10-8-22)11-9-23)12-16(14)19(27)17(24-21(5)28)13-18(26)29-20(2,3)4/h6-7,12,17,19,24,27-28H,8-11,13H2,1-5H3/t17-,19?/m1/s1. The Hall–Kier alpha value is -0.985. The fourth-order valence-electron chi connectivity index (χ4n) is 3.07. The number of halogens is 2. The van der Waals surface area contributed by atoms with Crippen molar-refractivity contribution in [1.82, 2.24) is 5.23 Å². The summed E-state index contributed by atoms with van der Waals surface area (Å²) >= 11 is 11.8. The molecule has 2 atom stereocenters. The molecule has 0 aliphatic heterocycles. The highest BCUT2D eigenvalue weighted by Gasteiger charge is 2.29. The molecule has 0 heterocycles. The second-order valence-electron chi connectivity index (χ2n) is 8.09. The summed E-state index contributed by atoms with van der Waals surface area (Å²) in [7, 11) is -0.899. The number of aliphatic hydroxyl groups excluding tert-OH is 1. The zero-order valence-corrected chi connectivity index (χ0v) is 19.4. The number of alkyl halides is 2. The highest BCUT2D eigenvalue weighted by molar-refractivity contribution is 6.45. The number of nitrogens with one attached hydrogen (secondary N) is 1. The van der Waals surface area contributed by atoms with Crippen molar-refractivity contribution >= 4 is 41.9 Å². The van der Waals surface area contributed by atoms with Gasteiger partial charge in [-0.05, 0) is 57.8 Å². The van der Waals surface area contributed by atoms with Crippen LogP contribution >= 0.6 is 23.2 Å². The molecule has 1 aromatic carbocycles. The van der Waals surface area contributed by atoms with E-state index in [-0.39, 0.29) is 6.42 Å². The molecule has 0 bridgehead atoms. The molecule has 0 aliphatic carbocycles. The number of benzene rings is 1. The van der Waals surface area contributed by atoms with Gasteiger partial charge in [0, 0.05) is 36.6 Å². The largest absolute Gasteiger partial charge is 0.460 e. The van der Waals surface area contributed by atoms with Crippen LogP contribution in [-0.2, 0) is 9.53 Å². The molecule has 6 nitrogen and oxygen atoms in total. The van der Waals surface area contributed by atoms with Crippen molar-refractivity contribution in [2.75, 3.05) is 29.7 Å². The number of nitrogens with zero attached hydrogens (tertiary/aromatic N) is 1. The van der Waals surface area contributed by atoms with Gasteiger partial charge in [-0.25, -0.2) is 0 Å². The molecule has 0 amide bonds. The maximum absolute atomic E-state index is 12.3. The smallest absolute Gasteiger partial charge is 0.373 e. The van der Waals surface area contributed by atoms with E-state index in [1.54, 1.807) is 27.6 Å². The first-order chi connectivity index (χ1) is 13.5. The molecule has 0 aromatic heterocycles. The molecule has 0 saturated heterocycles. The van der Waals surface area contributed by atoms with E-state index in [2.05, 4.69) is 5.23 Å². The number of aryl methyl sites for hydroxylation is 1. The number of hydrogen-bond donors (Lipinski definition) is 3. The molecule has 29 heavy (non-hydrogen) atoms. The molecule has 1 aromatic rings. The average Bonchev–Trinajstić information content (AvgIpc) is 2.59. The maximum Gasteiger partial charge on any atom is 0.373 e. The van der Waals surface area contributed by atoms with Gasteiger partial charge in [0.25, 0.3) is 0 Å². The van der Waals surface area contributed by atoms with Gasteiger partial charge in [0.1, 0.15) is 5.60 Å². The minimum Gasteiger partial charge on any atom is -0.460 e. The summed E-state index contributed by atoms with van der Waals surface area (Å²) in [5.41, 5.74) is 1.80. The van der Waals surface area contributed by atoms with Crippen LogP contribution in [0.4, 0.5) is 5.69 Å². The van der Waals surface area contributed by atoms with Crippen LogP contribution in [0, 0.1) is 6.92 Å². The van der Waals surface area contributed by atoms with Gasteiger partial charge in [0.15, 0.2) is 0 Å². The third-order valence-corrected chi connectivity index (χ3v) is 4.64. The van der Waals surface area contributed by atoms with Gasteiger partial charge in [0.2, 0.25) is 0 Å². The first-order valence-electron chi connectivity index (χ1n) is 9.80. The highest BCUT2D eigenvalue weighted by atomic mass is 35.5. The topological polar surface area (TPSA) is 82.0 Å². The minimum atomic E-state index is -1.02. The monoisotopic (exact) mass is 446 g/mol. The van der Waals surface area contributed by atoms with Gasteiger partial charge in [-0.15, -0.1) is 23.2 Å². The Kier molecular flexibility index (Phi) is 10.8. The number of ether oxygens (including phenoxy) is 1. The van der Waals surface area contributed by atoms with E-state index in [9.17, 15) is 14.9 Å². The third-order valence-electron chi connectivity index (χ3n) is 4.30. The van der Waals surface area contributed by atoms with Crippen LogP contribution in [-0.4, -0.2) is 59.6 Å². The van der Waals surface area contributed by atoms with Crippen molar-refractivity contribution in [1.29, 1.82) is 0 Å². The maximum atomic E-state index is 12.3. The number of aliphatic hydroxyl groups is 1. The number of esters is 1. The second kappa shape index (κ2) is 12.0. The van der Waals surface area contributed by atoms with E-state index >= 15 is 0 Å². The van der Waals surface area contributed by atoms with Crippen LogP contribution in [0.2, 0.25) is 6.82 Å². The fourth-order valence-corrected chi connectivity index (χ4v) is 3.48. The average molecular weight is 447 g/mol. The molecule has 1 unspecified atom stereocenters. The van der Waals surface area contributed by atoms with Gasteiger partial charge in [-0.2, -0.15) is 0 Å². The lowest BCUT2D eigenvalue weighted by molar-refractivity contribution is -0.156. The normalized spacial score (nSPS) is 13.7. The van der Waals surface area contributed by atoms with Crippen LogP contribution in [0.3, 0.4) is 0 Å². The fraction of sp³-hybridized carbons (Fsp3) is 0.650.